The summed E-state index contributed by atoms with van der Waals surface area (Å²) in [5.74, 6) is 2.67. The summed E-state index contributed by atoms with van der Waals surface area (Å²) < 4.78 is 0. The van der Waals surface area contributed by atoms with Gasteiger partial charge in [0.25, 0.3) is 0 Å². The topological polar surface area (TPSA) is 42.1 Å². The Bertz CT molecular complexity index is 413. The van der Waals surface area contributed by atoms with E-state index in [9.17, 15) is 0 Å². The van der Waals surface area contributed by atoms with Crippen LogP contribution in [-0.2, 0) is 6.54 Å². The third-order valence-corrected chi connectivity index (χ3v) is 4.04. The van der Waals surface area contributed by atoms with Gasteiger partial charge in [-0.25, -0.2) is 4.98 Å². The number of aromatic nitrogens is 1. The fourth-order valence-electron chi connectivity index (χ4n) is 2.29. The fourth-order valence-corrected chi connectivity index (χ4v) is 2.59. The molecular formula is C14H20ClN3. The summed E-state index contributed by atoms with van der Waals surface area (Å²) in [7, 11) is 0. The van der Waals surface area contributed by atoms with Crippen LogP contribution in [0.5, 0.6) is 0 Å². The first-order chi connectivity index (χ1) is 8.76. The molecule has 18 heavy (non-hydrogen) atoms. The third-order valence-electron chi connectivity index (χ3n) is 3.76. The van der Waals surface area contributed by atoms with Gasteiger partial charge in [-0.1, -0.05) is 11.6 Å². The molecule has 1 heterocycles. The summed E-state index contributed by atoms with van der Waals surface area (Å²) in [4.78, 5) is 6.91. The van der Waals surface area contributed by atoms with Gasteiger partial charge in [0, 0.05) is 25.8 Å². The van der Waals surface area contributed by atoms with Crippen LogP contribution in [0.2, 0.25) is 5.02 Å². The van der Waals surface area contributed by atoms with Crippen LogP contribution in [0.3, 0.4) is 0 Å². The molecule has 0 radical (unpaired) electrons. The van der Waals surface area contributed by atoms with Gasteiger partial charge >= 0.3 is 0 Å². The van der Waals surface area contributed by atoms with E-state index >= 15 is 0 Å². The van der Waals surface area contributed by atoms with Gasteiger partial charge in [-0.3, -0.25) is 0 Å². The number of hydrogen-bond acceptors (Lipinski definition) is 3. The normalized spacial score (nSPS) is 19.0. The van der Waals surface area contributed by atoms with Crippen molar-refractivity contribution in [1.82, 2.24) is 4.98 Å². The van der Waals surface area contributed by atoms with Crippen LogP contribution in [0.1, 0.15) is 31.2 Å². The minimum atomic E-state index is 0.498. The quantitative estimate of drug-likeness (QED) is 0.860. The van der Waals surface area contributed by atoms with E-state index in [0.717, 1.165) is 41.3 Å². The second kappa shape index (κ2) is 5.06. The monoisotopic (exact) mass is 265 g/mol. The number of anilines is 1. The van der Waals surface area contributed by atoms with Crippen molar-refractivity contribution >= 4 is 17.4 Å². The molecule has 0 bridgehead atoms. The number of halogens is 1. The molecule has 3 rings (SSSR count). The molecule has 0 saturated heterocycles. The molecule has 0 amide bonds. The van der Waals surface area contributed by atoms with E-state index in [0.29, 0.717) is 6.54 Å². The van der Waals surface area contributed by atoms with Crippen molar-refractivity contribution in [2.75, 3.05) is 18.0 Å². The lowest BCUT2D eigenvalue weighted by molar-refractivity contribution is 0.671. The lowest BCUT2D eigenvalue weighted by atomic mass is 10.2. The third kappa shape index (κ3) is 2.96. The van der Waals surface area contributed by atoms with E-state index in [1.165, 1.54) is 25.7 Å². The standard InChI is InChI=1S/C14H20ClN3/c15-13-5-12(6-16)7-17-14(13)18(8-10-1-2-10)9-11-3-4-11/h5,7,10-11H,1-4,6,8-9,16H2. The van der Waals surface area contributed by atoms with Crippen molar-refractivity contribution in [3.63, 3.8) is 0 Å². The Kier molecular flexibility index (Phi) is 3.44. The van der Waals surface area contributed by atoms with Gasteiger partial charge in [-0.05, 0) is 49.1 Å². The fraction of sp³-hybridized carbons (Fsp3) is 0.643. The summed E-state index contributed by atoms with van der Waals surface area (Å²) in [6.07, 6.45) is 7.30. The van der Waals surface area contributed by atoms with E-state index in [1.807, 2.05) is 12.3 Å². The number of nitrogens with two attached hydrogens (primary N) is 1. The maximum absolute atomic E-state index is 6.35. The largest absolute Gasteiger partial charge is 0.355 e. The smallest absolute Gasteiger partial charge is 0.147 e. The van der Waals surface area contributed by atoms with E-state index in [2.05, 4.69) is 9.88 Å². The van der Waals surface area contributed by atoms with Gasteiger partial charge in [-0.15, -0.1) is 0 Å². The SMILES string of the molecule is NCc1cnc(N(CC2CC2)CC2CC2)c(Cl)c1. The number of rotatable bonds is 6. The van der Waals surface area contributed by atoms with Gasteiger partial charge in [-0.2, -0.15) is 0 Å². The molecule has 4 heteroatoms. The number of nitrogens with zero attached hydrogens (tertiary/aromatic N) is 2. The molecule has 0 atom stereocenters. The maximum Gasteiger partial charge on any atom is 0.147 e. The molecule has 2 fully saturated rings. The van der Waals surface area contributed by atoms with Crippen LogP contribution in [-0.4, -0.2) is 18.1 Å². The summed E-state index contributed by atoms with van der Waals surface area (Å²) in [5, 5.41) is 0.749. The first-order valence-corrected chi connectivity index (χ1v) is 7.23. The zero-order valence-corrected chi connectivity index (χ0v) is 11.4. The molecule has 0 spiro atoms. The minimum Gasteiger partial charge on any atom is -0.355 e. The van der Waals surface area contributed by atoms with Crippen LogP contribution in [0, 0.1) is 11.8 Å². The molecule has 0 aromatic carbocycles. The number of hydrogen-bond donors (Lipinski definition) is 1. The average Bonchev–Trinajstić information content (AvgIpc) is 3.23. The first kappa shape index (κ1) is 12.2. The lowest BCUT2D eigenvalue weighted by Gasteiger charge is -2.24. The van der Waals surface area contributed by atoms with Crippen LogP contribution >= 0.6 is 11.6 Å². The maximum atomic E-state index is 6.35. The van der Waals surface area contributed by atoms with E-state index in [-0.39, 0.29) is 0 Å². The molecule has 0 aliphatic heterocycles. The highest BCUT2D eigenvalue weighted by molar-refractivity contribution is 6.33. The summed E-state index contributed by atoms with van der Waals surface area (Å²) in [6, 6.07) is 1.96. The Morgan fingerprint density at radius 3 is 2.28 bits per heavy atom. The first-order valence-electron chi connectivity index (χ1n) is 6.85. The molecular weight excluding hydrogens is 246 g/mol. The molecule has 2 aliphatic carbocycles. The number of pyridine rings is 1. The lowest BCUT2D eigenvalue weighted by Crippen LogP contribution is -2.29. The molecule has 98 valence electrons. The Hall–Kier alpha value is -0.800. The zero-order chi connectivity index (χ0) is 12.5. The van der Waals surface area contributed by atoms with Gasteiger partial charge in [0.1, 0.15) is 5.82 Å². The van der Waals surface area contributed by atoms with E-state index in [1.54, 1.807) is 0 Å². The van der Waals surface area contributed by atoms with Gasteiger partial charge in [0.15, 0.2) is 0 Å². The highest BCUT2D eigenvalue weighted by atomic mass is 35.5. The van der Waals surface area contributed by atoms with Crippen LogP contribution in [0.25, 0.3) is 0 Å². The van der Waals surface area contributed by atoms with Crippen LogP contribution < -0.4 is 10.6 Å². The summed E-state index contributed by atoms with van der Waals surface area (Å²) in [6.45, 7) is 2.73. The zero-order valence-electron chi connectivity index (χ0n) is 10.6. The summed E-state index contributed by atoms with van der Waals surface area (Å²) >= 11 is 6.35. The van der Waals surface area contributed by atoms with Crippen molar-refractivity contribution in [2.24, 2.45) is 17.6 Å². The van der Waals surface area contributed by atoms with Gasteiger partial charge in [0.05, 0.1) is 5.02 Å². The van der Waals surface area contributed by atoms with Crippen molar-refractivity contribution in [3.05, 3.63) is 22.8 Å². The van der Waals surface area contributed by atoms with Crippen LogP contribution in [0.4, 0.5) is 5.82 Å². The van der Waals surface area contributed by atoms with Crippen molar-refractivity contribution in [1.29, 1.82) is 0 Å². The minimum absolute atomic E-state index is 0.498. The predicted molar refractivity (Wildman–Crippen MR) is 74.8 cm³/mol. The van der Waals surface area contributed by atoms with Gasteiger partial charge in [0.2, 0.25) is 0 Å². The van der Waals surface area contributed by atoms with Crippen molar-refractivity contribution in [2.45, 2.75) is 32.2 Å². The highest BCUT2D eigenvalue weighted by Gasteiger charge is 2.30. The Labute approximate surface area is 113 Å². The molecule has 0 unspecified atom stereocenters. The Morgan fingerprint density at radius 2 is 1.83 bits per heavy atom. The molecule has 2 aliphatic rings. The molecule has 3 nitrogen and oxygen atoms in total. The average molecular weight is 266 g/mol. The molecule has 1 aromatic heterocycles. The molecule has 2 N–H and O–H groups in total. The second-order valence-corrected chi connectivity index (χ2v) is 6.05. The van der Waals surface area contributed by atoms with Crippen molar-refractivity contribution in [3.8, 4) is 0 Å². The summed E-state index contributed by atoms with van der Waals surface area (Å²) in [5.41, 5.74) is 6.62. The Morgan fingerprint density at radius 1 is 1.22 bits per heavy atom. The van der Waals surface area contributed by atoms with Crippen molar-refractivity contribution < 1.29 is 0 Å². The van der Waals surface area contributed by atoms with Crippen LogP contribution in [0.15, 0.2) is 12.3 Å². The Balaban J connectivity index is 1.77. The van der Waals surface area contributed by atoms with E-state index < -0.39 is 0 Å². The predicted octanol–water partition coefficient (Wildman–Crippen LogP) is 2.82. The molecule has 2 saturated carbocycles. The molecule has 1 aromatic rings. The van der Waals surface area contributed by atoms with E-state index in [4.69, 9.17) is 17.3 Å². The highest BCUT2D eigenvalue weighted by Crippen LogP contribution is 2.37. The second-order valence-electron chi connectivity index (χ2n) is 5.64. The van der Waals surface area contributed by atoms with Gasteiger partial charge < -0.3 is 10.6 Å².